The SMILES string of the molecule is CC(O)c1cc(Br)ccc1N1CCc2ccccc2C1. The van der Waals surface area contributed by atoms with Gasteiger partial charge in [0.1, 0.15) is 0 Å². The summed E-state index contributed by atoms with van der Waals surface area (Å²) in [6, 6.07) is 14.8. The second kappa shape index (κ2) is 5.58. The Balaban J connectivity index is 1.95. The van der Waals surface area contributed by atoms with Crippen LogP contribution in [-0.4, -0.2) is 11.7 Å². The molecule has 0 radical (unpaired) electrons. The third kappa shape index (κ3) is 2.60. The third-order valence-electron chi connectivity index (χ3n) is 3.91. The molecule has 0 bridgehead atoms. The van der Waals surface area contributed by atoms with E-state index in [0.717, 1.165) is 35.2 Å². The van der Waals surface area contributed by atoms with E-state index in [0.29, 0.717) is 0 Å². The average Bonchev–Trinajstić information content (AvgIpc) is 2.46. The topological polar surface area (TPSA) is 23.5 Å². The van der Waals surface area contributed by atoms with Gasteiger partial charge in [0.05, 0.1) is 6.10 Å². The van der Waals surface area contributed by atoms with Gasteiger partial charge in [-0.2, -0.15) is 0 Å². The number of aliphatic hydroxyl groups is 1. The lowest BCUT2D eigenvalue weighted by atomic mass is 9.98. The summed E-state index contributed by atoms with van der Waals surface area (Å²) < 4.78 is 1.01. The van der Waals surface area contributed by atoms with E-state index in [1.165, 1.54) is 11.1 Å². The zero-order chi connectivity index (χ0) is 14.1. The van der Waals surface area contributed by atoms with Gasteiger partial charge in [0.25, 0.3) is 0 Å². The minimum Gasteiger partial charge on any atom is -0.389 e. The maximum absolute atomic E-state index is 10.0. The van der Waals surface area contributed by atoms with Gasteiger partial charge in [0.15, 0.2) is 0 Å². The Bertz CT molecular complexity index is 624. The van der Waals surface area contributed by atoms with Gasteiger partial charge in [-0.05, 0) is 42.7 Å². The van der Waals surface area contributed by atoms with Crippen molar-refractivity contribution in [2.45, 2.75) is 26.0 Å². The van der Waals surface area contributed by atoms with Crippen molar-refractivity contribution in [2.24, 2.45) is 0 Å². The molecule has 0 spiro atoms. The number of fused-ring (bicyclic) bond motifs is 1. The fourth-order valence-corrected chi connectivity index (χ4v) is 3.23. The third-order valence-corrected chi connectivity index (χ3v) is 4.40. The molecule has 3 heteroatoms. The molecule has 20 heavy (non-hydrogen) atoms. The smallest absolute Gasteiger partial charge is 0.0782 e. The fraction of sp³-hybridized carbons (Fsp3) is 0.294. The Hall–Kier alpha value is -1.32. The summed E-state index contributed by atoms with van der Waals surface area (Å²) in [4.78, 5) is 2.36. The zero-order valence-electron chi connectivity index (χ0n) is 11.5. The molecular formula is C17H18BrNO. The number of halogens is 1. The van der Waals surface area contributed by atoms with E-state index in [2.05, 4.69) is 51.2 Å². The van der Waals surface area contributed by atoms with Crippen LogP contribution in [0.4, 0.5) is 5.69 Å². The Morgan fingerprint density at radius 3 is 2.65 bits per heavy atom. The summed E-state index contributed by atoms with van der Waals surface area (Å²) in [6.07, 6.45) is 0.602. The standard InChI is InChI=1S/C17H18BrNO/c1-12(20)16-10-15(18)6-7-17(16)19-9-8-13-4-2-3-5-14(13)11-19/h2-7,10,12,20H,8-9,11H2,1H3. The lowest BCUT2D eigenvalue weighted by Crippen LogP contribution is -2.31. The van der Waals surface area contributed by atoms with Gasteiger partial charge >= 0.3 is 0 Å². The second-order valence-electron chi connectivity index (χ2n) is 5.32. The van der Waals surface area contributed by atoms with Crippen molar-refractivity contribution in [2.75, 3.05) is 11.4 Å². The van der Waals surface area contributed by atoms with Crippen LogP contribution in [0.15, 0.2) is 46.9 Å². The number of rotatable bonds is 2. The van der Waals surface area contributed by atoms with E-state index in [9.17, 15) is 5.11 Å². The van der Waals surface area contributed by atoms with Gasteiger partial charge in [0.2, 0.25) is 0 Å². The summed E-state index contributed by atoms with van der Waals surface area (Å²) in [7, 11) is 0. The molecule has 1 atom stereocenters. The van der Waals surface area contributed by atoms with Gasteiger partial charge < -0.3 is 10.0 Å². The number of hydrogen-bond acceptors (Lipinski definition) is 2. The molecule has 0 saturated carbocycles. The molecule has 0 amide bonds. The van der Waals surface area contributed by atoms with Crippen LogP contribution in [0.25, 0.3) is 0 Å². The largest absolute Gasteiger partial charge is 0.389 e. The van der Waals surface area contributed by atoms with Crippen molar-refractivity contribution in [3.63, 3.8) is 0 Å². The summed E-state index contributed by atoms with van der Waals surface area (Å²) in [5, 5.41) is 10.0. The van der Waals surface area contributed by atoms with Gasteiger partial charge in [-0.15, -0.1) is 0 Å². The maximum Gasteiger partial charge on any atom is 0.0782 e. The molecule has 2 aromatic carbocycles. The molecule has 1 unspecified atom stereocenters. The molecule has 2 aromatic rings. The monoisotopic (exact) mass is 331 g/mol. The van der Waals surface area contributed by atoms with Crippen LogP contribution in [0.5, 0.6) is 0 Å². The van der Waals surface area contributed by atoms with Crippen LogP contribution >= 0.6 is 15.9 Å². The number of aliphatic hydroxyl groups excluding tert-OH is 1. The molecule has 1 heterocycles. The minimum atomic E-state index is -0.459. The molecule has 3 rings (SSSR count). The second-order valence-corrected chi connectivity index (χ2v) is 6.24. The Kier molecular flexibility index (Phi) is 3.81. The van der Waals surface area contributed by atoms with E-state index >= 15 is 0 Å². The van der Waals surface area contributed by atoms with Crippen molar-refractivity contribution >= 4 is 21.6 Å². The highest BCUT2D eigenvalue weighted by Gasteiger charge is 2.19. The molecule has 0 saturated heterocycles. The first kappa shape index (κ1) is 13.7. The first-order valence-corrected chi connectivity index (χ1v) is 7.73. The Labute approximate surface area is 128 Å². The van der Waals surface area contributed by atoms with Crippen molar-refractivity contribution < 1.29 is 5.11 Å². The highest BCUT2D eigenvalue weighted by Crippen LogP contribution is 2.32. The molecule has 1 aliphatic rings. The Morgan fingerprint density at radius 1 is 1.15 bits per heavy atom. The fourth-order valence-electron chi connectivity index (χ4n) is 2.85. The van der Waals surface area contributed by atoms with Crippen molar-refractivity contribution in [1.29, 1.82) is 0 Å². The predicted molar refractivity (Wildman–Crippen MR) is 86.0 cm³/mol. The van der Waals surface area contributed by atoms with Gasteiger partial charge in [-0.3, -0.25) is 0 Å². The molecular weight excluding hydrogens is 314 g/mol. The summed E-state index contributed by atoms with van der Waals surface area (Å²) in [6.45, 7) is 3.74. The normalized spacial score (nSPS) is 15.8. The predicted octanol–water partition coefficient (Wildman–Crippen LogP) is 4.07. The van der Waals surface area contributed by atoms with Gasteiger partial charge in [-0.1, -0.05) is 40.2 Å². The van der Waals surface area contributed by atoms with E-state index in [4.69, 9.17) is 0 Å². The average molecular weight is 332 g/mol. The number of anilines is 1. The molecule has 0 aliphatic carbocycles. The van der Waals surface area contributed by atoms with Gasteiger partial charge in [0, 0.05) is 28.8 Å². The van der Waals surface area contributed by atoms with Crippen LogP contribution < -0.4 is 4.90 Å². The summed E-state index contributed by atoms with van der Waals surface area (Å²) in [5.41, 5.74) is 4.95. The summed E-state index contributed by atoms with van der Waals surface area (Å²) in [5.74, 6) is 0. The Morgan fingerprint density at radius 2 is 1.90 bits per heavy atom. The van der Waals surface area contributed by atoms with Crippen LogP contribution in [-0.2, 0) is 13.0 Å². The molecule has 1 N–H and O–H groups in total. The molecule has 104 valence electrons. The summed E-state index contributed by atoms with van der Waals surface area (Å²) >= 11 is 3.48. The molecule has 0 aromatic heterocycles. The van der Waals surface area contributed by atoms with Crippen molar-refractivity contribution in [1.82, 2.24) is 0 Å². The number of benzene rings is 2. The van der Waals surface area contributed by atoms with Crippen LogP contribution in [0.1, 0.15) is 29.7 Å². The van der Waals surface area contributed by atoms with Crippen LogP contribution in [0.3, 0.4) is 0 Å². The van der Waals surface area contributed by atoms with Crippen molar-refractivity contribution in [3.8, 4) is 0 Å². The first-order chi connectivity index (χ1) is 9.65. The lowest BCUT2D eigenvalue weighted by molar-refractivity contribution is 0.199. The highest BCUT2D eigenvalue weighted by atomic mass is 79.9. The highest BCUT2D eigenvalue weighted by molar-refractivity contribution is 9.10. The van der Waals surface area contributed by atoms with E-state index in [1.807, 2.05) is 19.1 Å². The number of hydrogen-bond donors (Lipinski definition) is 1. The van der Waals surface area contributed by atoms with Crippen LogP contribution in [0.2, 0.25) is 0 Å². The lowest BCUT2D eigenvalue weighted by Gasteiger charge is -2.32. The molecule has 1 aliphatic heterocycles. The quantitative estimate of drug-likeness (QED) is 0.896. The molecule has 0 fully saturated rings. The number of nitrogens with zero attached hydrogens (tertiary/aromatic N) is 1. The van der Waals surface area contributed by atoms with E-state index in [1.54, 1.807) is 0 Å². The zero-order valence-corrected chi connectivity index (χ0v) is 13.1. The molecule has 2 nitrogen and oxygen atoms in total. The maximum atomic E-state index is 10.0. The van der Waals surface area contributed by atoms with Gasteiger partial charge in [-0.25, -0.2) is 0 Å². The van der Waals surface area contributed by atoms with Crippen LogP contribution in [0, 0.1) is 0 Å². The first-order valence-electron chi connectivity index (χ1n) is 6.94. The minimum absolute atomic E-state index is 0.459. The van der Waals surface area contributed by atoms with E-state index in [-0.39, 0.29) is 0 Å². The van der Waals surface area contributed by atoms with Crippen molar-refractivity contribution in [3.05, 3.63) is 63.6 Å². The van der Waals surface area contributed by atoms with E-state index < -0.39 is 6.10 Å².